The molecule has 0 aromatic rings. The summed E-state index contributed by atoms with van der Waals surface area (Å²) in [5.41, 5.74) is -0.0519. The van der Waals surface area contributed by atoms with Gasteiger partial charge in [0.2, 0.25) is 5.91 Å². The third kappa shape index (κ3) is 3.21. The first-order valence-corrected chi connectivity index (χ1v) is 6.27. The van der Waals surface area contributed by atoms with E-state index in [-0.39, 0.29) is 22.8 Å². The fourth-order valence-electron chi connectivity index (χ4n) is 1.79. The molecule has 0 radical (unpaired) electrons. The molecule has 1 heterocycles. The summed E-state index contributed by atoms with van der Waals surface area (Å²) < 4.78 is 0. The summed E-state index contributed by atoms with van der Waals surface area (Å²) in [6, 6.07) is 0.215. The standard InChI is InChI=1S/C13H26N2O/c1-10(12(2,3)4)15-11(16)13(5)6-8-14-9-7-13/h10,14H,6-9H2,1-5H3,(H,15,16). The van der Waals surface area contributed by atoms with Crippen LogP contribution < -0.4 is 10.6 Å². The first-order valence-electron chi connectivity index (χ1n) is 6.27. The molecule has 1 saturated heterocycles. The number of nitrogens with one attached hydrogen (secondary N) is 2. The van der Waals surface area contributed by atoms with Gasteiger partial charge in [0.05, 0.1) is 0 Å². The summed E-state index contributed by atoms with van der Waals surface area (Å²) >= 11 is 0. The highest BCUT2D eigenvalue weighted by Gasteiger charge is 2.36. The largest absolute Gasteiger partial charge is 0.353 e. The zero-order valence-corrected chi connectivity index (χ0v) is 11.3. The average molecular weight is 226 g/mol. The number of rotatable bonds is 2. The Morgan fingerprint density at radius 2 is 1.81 bits per heavy atom. The van der Waals surface area contributed by atoms with E-state index in [1.807, 2.05) is 0 Å². The van der Waals surface area contributed by atoms with Crippen molar-refractivity contribution in [3.05, 3.63) is 0 Å². The molecule has 1 amide bonds. The van der Waals surface area contributed by atoms with Crippen molar-refractivity contribution in [1.82, 2.24) is 10.6 Å². The molecule has 16 heavy (non-hydrogen) atoms. The maximum Gasteiger partial charge on any atom is 0.226 e. The highest BCUT2D eigenvalue weighted by atomic mass is 16.2. The molecule has 94 valence electrons. The maximum absolute atomic E-state index is 12.2. The first-order chi connectivity index (χ1) is 7.26. The zero-order valence-electron chi connectivity index (χ0n) is 11.3. The lowest BCUT2D eigenvalue weighted by atomic mass is 9.79. The molecule has 0 aromatic heterocycles. The van der Waals surface area contributed by atoms with E-state index in [1.54, 1.807) is 0 Å². The lowest BCUT2D eigenvalue weighted by Crippen LogP contribution is -2.51. The molecule has 1 atom stereocenters. The van der Waals surface area contributed by atoms with Crippen LogP contribution in [-0.4, -0.2) is 25.0 Å². The van der Waals surface area contributed by atoms with Crippen LogP contribution in [0.25, 0.3) is 0 Å². The molecule has 0 spiro atoms. The topological polar surface area (TPSA) is 41.1 Å². The van der Waals surface area contributed by atoms with Crippen molar-refractivity contribution in [3.8, 4) is 0 Å². The maximum atomic E-state index is 12.2. The fourth-order valence-corrected chi connectivity index (χ4v) is 1.79. The van der Waals surface area contributed by atoms with Crippen LogP contribution in [0.15, 0.2) is 0 Å². The van der Waals surface area contributed by atoms with Gasteiger partial charge in [-0.3, -0.25) is 4.79 Å². The first kappa shape index (κ1) is 13.5. The summed E-state index contributed by atoms with van der Waals surface area (Å²) in [6.07, 6.45) is 1.88. The lowest BCUT2D eigenvalue weighted by Gasteiger charge is -2.36. The molecule has 1 rings (SSSR count). The van der Waals surface area contributed by atoms with Crippen LogP contribution in [0.2, 0.25) is 0 Å². The van der Waals surface area contributed by atoms with Gasteiger partial charge in [-0.05, 0) is 38.3 Å². The Morgan fingerprint density at radius 3 is 2.25 bits per heavy atom. The van der Waals surface area contributed by atoms with E-state index in [9.17, 15) is 4.79 Å². The Morgan fingerprint density at radius 1 is 1.31 bits per heavy atom. The normalized spacial score (nSPS) is 22.6. The Bertz CT molecular complexity index is 249. The van der Waals surface area contributed by atoms with Crippen molar-refractivity contribution in [1.29, 1.82) is 0 Å². The molecule has 0 aromatic carbocycles. The number of hydrogen-bond acceptors (Lipinski definition) is 2. The predicted molar refractivity (Wildman–Crippen MR) is 67.3 cm³/mol. The number of carbonyl (C=O) groups is 1. The second kappa shape index (κ2) is 4.74. The molecule has 1 fully saturated rings. The van der Waals surface area contributed by atoms with Crippen LogP contribution >= 0.6 is 0 Å². The molecule has 0 bridgehead atoms. The Labute approximate surface area is 99.4 Å². The van der Waals surface area contributed by atoms with Crippen LogP contribution in [0, 0.1) is 10.8 Å². The molecule has 0 saturated carbocycles. The van der Waals surface area contributed by atoms with E-state index < -0.39 is 0 Å². The number of carbonyl (C=O) groups excluding carboxylic acids is 1. The van der Waals surface area contributed by atoms with Gasteiger partial charge >= 0.3 is 0 Å². The molecule has 2 N–H and O–H groups in total. The summed E-state index contributed by atoms with van der Waals surface area (Å²) in [7, 11) is 0. The summed E-state index contributed by atoms with van der Waals surface area (Å²) in [5, 5.41) is 6.46. The van der Waals surface area contributed by atoms with Crippen LogP contribution in [0.3, 0.4) is 0 Å². The predicted octanol–water partition coefficient (Wildman–Crippen LogP) is 1.93. The number of piperidine rings is 1. The minimum absolute atomic E-state index is 0.124. The lowest BCUT2D eigenvalue weighted by molar-refractivity contribution is -0.132. The van der Waals surface area contributed by atoms with E-state index in [0.29, 0.717) is 0 Å². The van der Waals surface area contributed by atoms with Crippen LogP contribution in [0.4, 0.5) is 0 Å². The van der Waals surface area contributed by atoms with Crippen LogP contribution in [0.5, 0.6) is 0 Å². The number of hydrogen-bond donors (Lipinski definition) is 2. The molecule has 3 heteroatoms. The molecular formula is C13H26N2O. The van der Waals surface area contributed by atoms with E-state index in [0.717, 1.165) is 25.9 Å². The zero-order chi connectivity index (χ0) is 12.4. The summed E-state index contributed by atoms with van der Waals surface area (Å²) in [6.45, 7) is 12.5. The van der Waals surface area contributed by atoms with Crippen molar-refractivity contribution < 1.29 is 4.79 Å². The van der Waals surface area contributed by atoms with Gasteiger partial charge in [-0.1, -0.05) is 27.7 Å². The van der Waals surface area contributed by atoms with Gasteiger partial charge in [0.1, 0.15) is 0 Å². The van der Waals surface area contributed by atoms with Crippen molar-refractivity contribution in [2.24, 2.45) is 10.8 Å². The average Bonchev–Trinajstić information content (AvgIpc) is 2.17. The highest BCUT2D eigenvalue weighted by Crippen LogP contribution is 2.29. The van der Waals surface area contributed by atoms with Crippen molar-refractivity contribution in [2.45, 2.75) is 53.5 Å². The van der Waals surface area contributed by atoms with Gasteiger partial charge in [0.15, 0.2) is 0 Å². The van der Waals surface area contributed by atoms with E-state index in [4.69, 9.17) is 0 Å². The Kier molecular flexibility index (Phi) is 4.00. The third-order valence-corrected chi connectivity index (χ3v) is 3.90. The molecule has 1 aliphatic rings. The van der Waals surface area contributed by atoms with Crippen LogP contribution in [0.1, 0.15) is 47.5 Å². The van der Waals surface area contributed by atoms with Crippen LogP contribution in [-0.2, 0) is 4.79 Å². The SMILES string of the molecule is CC(NC(=O)C1(C)CCNCC1)C(C)(C)C. The van der Waals surface area contributed by atoms with Gasteiger partial charge in [0.25, 0.3) is 0 Å². The monoisotopic (exact) mass is 226 g/mol. The second-order valence-corrected chi connectivity index (χ2v) is 6.37. The Hall–Kier alpha value is -0.570. The van der Waals surface area contributed by atoms with Crippen molar-refractivity contribution in [2.75, 3.05) is 13.1 Å². The smallest absolute Gasteiger partial charge is 0.226 e. The summed E-state index contributed by atoms with van der Waals surface area (Å²) in [5.74, 6) is 0.219. The molecule has 1 unspecified atom stereocenters. The van der Waals surface area contributed by atoms with E-state index in [1.165, 1.54) is 0 Å². The second-order valence-electron chi connectivity index (χ2n) is 6.37. The van der Waals surface area contributed by atoms with Gasteiger partial charge in [-0.2, -0.15) is 0 Å². The van der Waals surface area contributed by atoms with Gasteiger partial charge in [-0.15, -0.1) is 0 Å². The third-order valence-electron chi connectivity index (χ3n) is 3.90. The van der Waals surface area contributed by atoms with Crippen molar-refractivity contribution >= 4 is 5.91 Å². The number of amides is 1. The minimum atomic E-state index is -0.176. The quantitative estimate of drug-likeness (QED) is 0.755. The summed E-state index contributed by atoms with van der Waals surface area (Å²) in [4.78, 5) is 12.2. The fraction of sp³-hybridized carbons (Fsp3) is 0.923. The van der Waals surface area contributed by atoms with E-state index in [2.05, 4.69) is 45.3 Å². The van der Waals surface area contributed by atoms with Gasteiger partial charge < -0.3 is 10.6 Å². The van der Waals surface area contributed by atoms with Gasteiger partial charge in [0, 0.05) is 11.5 Å². The molecule has 1 aliphatic heterocycles. The molecular weight excluding hydrogens is 200 g/mol. The highest BCUT2D eigenvalue weighted by molar-refractivity contribution is 5.82. The van der Waals surface area contributed by atoms with Crippen molar-refractivity contribution in [3.63, 3.8) is 0 Å². The molecule has 3 nitrogen and oxygen atoms in total. The van der Waals surface area contributed by atoms with E-state index >= 15 is 0 Å². The minimum Gasteiger partial charge on any atom is -0.353 e. The van der Waals surface area contributed by atoms with Gasteiger partial charge in [-0.25, -0.2) is 0 Å². The molecule has 0 aliphatic carbocycles. The Balaban J connectivity index is 2.57.